The van der Waals surface area contributed by atoms with E-state index in [2.05, 4.69) is 4.98 Å². The molecule has 0 saturated heterocycles. The standard InChI is InChI=1S/C13H15N3O3/c1-4-15-8-14-9(2)12(15)10-6-5-7-11(16(17)18)13(10)19-3/h5-8H,4H2,1-3H3. The first kappa shape index (κ1) is 13.1. The Balaban J connectivity index is 2.72. The van der Waals surface area contributed by atoms with Crippen LogP contribution in [0.4, 0.5) is 5.69 Å². The summed E-state index contributed by atoms with van der Waals surface area (Å²) in [6.45, 7) is 4.61. The summed E-state index contributed by atoms with van der Waals surface area (Å²) in [7, 11) is 1.44. The first-order valence-electron chi connectivity index (χ1n) is 5.93. The number of nitro groups is 1. The van der Waals surface area contributed by atoms with Gasteiger partial charge in [-0.15, -0.1) is 0 Å². The van der Waals surface area contributed by atoms with Gasteiger partial charge >= 0.3 is 5.69 Å². The van der Waals surface area contributed by atoms with Crippen molar-refractivity contribution >= 4 is 5.69 Å². The molecule has 0 atom stereocenters. The second-order valence-electron chi connectivity index (χ2n) is 4.08. The van der Waals surface area contributed by atoms with Crippen molar-refractivity contribution in [1.29, 1.82) is 0 Å². The molecule has 0 fully saturated rings. The third-order valence-corrected chi connectivity index (χ3v) is 3.01. The summed E-state index contributed by atoms with van der Waals surface area (Å²) in [4.78, 5) is 14.9. The van der Waals surface area contributed by atoms with Crippen LogP contribution < -0.4 is 4.74 Å². The summed E-state index contributed by atoms with van der Waals surface area (Å²) in [6.07, 6.45) is 1.73. The molecule has 0 amide bonds. The molecule has 0 radical (unpaired) electrons. The maximum atomic E-state index is 11.0. The second kappa shape index (κ2) is 5.09. The number of methoxy groups -OCH3 is 1. The van der Waals surface area contributed by atoms with Crippen LogP contribution >= 0.6 is 0 Å². The first-order chi connectivity index (χ1) is 9.10. The highest BCUT2D eigenvalue weighted by atomic mass is 16.6. The van der Waals surface area contributed by atoms with Crippen molar-refractivity contribution in [3.05, 3.63) is 40.3 Å². The van der Waals surface area contributed by atoms with Crippen molar-refractivity contribution in [1.82, 2.24) is 9.55 Å². The van der Waals surface area contributed by atoms with Gasteiger partial charge in [0.15, 0.2) is 0 Å². The van der Waals surface area contributed by atoms with Gasteiger partial charge in [-0.1, -0.05) is 6.07 Å². The number of ether oxygens (including phenoxy) is 1. The SMILES string of the molecule is CCn1cnc(C)c1-c1cccc([N+](=O)[O-])c1OC. The first-order valence-corrected chi connectivity index (χ1v) is 5.93. The minimum absolute atomic E-state index is 0.0387. The quantitative estimate of drug-likeness (QED) is 0.626. The van der Waals surface area contributed by atoms with Crippen molar-refractivity contribution in [3.8, 4) is 17.0 Å². The summed E-state index contributed by atoms with van der Waals surface area (Å²) in [5.41, 5.74) is 2.32. The maximum absolute atomic E-state index is 11.0. The normalized spacial score (nSPS) is 10.5. The Labute approximate surface area is 110 Å². The molecule has 2 aromatic rings. The minimum atomic E-state index is -0.440. The summed E-state index contributed by atoms with van der Waals surface area (Å²) < 4.78 is 7.17. The Kier molecular flexibility index (Phi) is 3.50. The van der Waals surface area contributed by atoms with Crippen LogP contribution in [0, 0.1) is 17.0 Å². The van der Waals surface area contributed by atoms with Gasteiger partial charge in [0, 0.05) is 18.2 Å². The van der Waals surface area contributed by atoms with Gasteiger partial charge in [0.05, 0.1) is 29.7 Å². The van der Waals surface area contributed by atoms with E-state index in [1.165, 1.54) is 13.2 Å². The predicted octanol–water partition coefficient (Wildman–Crippen LogP) is 2.80. The second-order valence-corrected chi connectivity index (χ2v) is 4.08. The van der Waals surface area contributed by atoms with Gasteiger partial charge in [0.2, 0.25) is 5.75 Å². The third kappa shape index (κ3) is 2.16. The smallest absolute Gasteiger partial charge is 0.311 e. The Morgan fingerprint density at radius 1 is 1.47 bits per heavy atom. The molecule has 2 rings (SSSR count). The van der Waals surface area contributed by atoms with E-state index in [-0.39, 0.29) is 11.4 Å². The van der Waals surface area contributed by atoms with E-state index in [0.717, 1.165) is 17.9 Å². The van der Waals surface area contributed by atoms with Crippen molar-refractivity contribution in [2.24, 2.45) is 0 Å². The largest absolute Gasteiger partial charge is 0.490 e. The zero-order valence-electron chi connectivity index (χ0n) is 11.1. The predicted molar refractivity (Wildman–Crippen MR) is 71.3 cm³/mol. The summed E-state index contributed by atoms with van der Waals surface area (Å²) in [5.74, 6) is 0.269. The maximum Gasteiger partial charge on any atom is 0.311 e. The molecule has 100 valence electrons. The molecule has 0 unspecified atom stereocenters. The third-order valence-electron chi connectivity index (χ3n) is 3.01. The lowest BCUT2D eigenvalue weighted by Crippen LogP contribution is -2.00. The summed E-state index contributed by atoms with van der Waals surface area (Å²) >= 11 is 0. The number of imidazole rings is 1. The Morgan fingerprint density at radius 3 is 2.79 bits per heavy atom. The summed E-state index contributed by atoms with van der Waals surface area (Å²) in [6, 6.07) is 4.90. The van der Waals surface area contributed by atoms with Crippen LogP contribution in [0.1, 0.15) is 12.6 Å². The van der Waals surface area contributed by atoms with Gasteiger partial charge in [-0.25, -0.2) is 4.98 Å². The molecule has 0 bridgehead atoms. The van der Waals surface area contributed by atoms with E-state index in [1.54, 1.807) is 12.4 Å². The number of hydrogen-bond donors (Lipinski definition) is 0. The van der Waals surface area contributed by atoms with Crippen molar-refractivity contribution in [3.63, 3.8) is 0 Å². The van der Waals surface area contributed by atoms with E-state index in [4.69, 9.17) is 4.74 Å². The van der Waals surface area contributed by atoms with Crippen molar-refractivity contribution < 1.29 is 9.66 Å². The van der Waals surface area contributed by atoms with E-state index < -0.39 is 4.92 Å². The van der Waals surface area contributed by atoms with Crippen LogP contribution in [0.5, 0.6) is 5.75 Å². The number of aromatic nitrogens is 2. The molecular formula is C13H15N3O3. The lowest BCUT2D eigenvalue weighted by molar-refractivity contribution is -0.385. The van der Waals surface area contributed by atoms with Crippen molar-refractivity contribution in [2.45, 2.75) is 20.4 Å². The number of nitro benzene ring substituents is 1. The molecule has 6 nitrogen and oxygen atoms in total. The van der Waals surface area contributed by atoms with Gasteiger partial charge in [-0.05, 0) is 19.9 Å². The average Bonchev–Trinajstić information content (AvgIpc) is 2.78. The fourth-order valence-corrected chi connectivity index (χ4v) is 2.14. The summed E-state index contributed by atoms with van der Waals surface area (Å²) in [5, 5.41) is 11.0. The molecule has 1 heterocycles. The number of para-hydroxylation sites is 1. The van der Waals surface area contributed by atoms with Crippen LogP contribution in [-0.2, 0) is 6.54 Å². The van der Waals surface area contributed by atoms with E-state index in [0.29, 0.717) is 5.56 Å². The molecule has 6 heteroatoms. The van der Waals surface area contributed by atoms with Gasteiger partial charge in [-0.2, -0.15) is 0 Å². The molecular weight excluding hydrogens is 246 g/mol. The number of rotatable bonds is 4. The van der Waals surface area contributed by atoms with Crippen LogP contribution in [0.15, 0.2) is 24.5 Å². The van der Waals surface area contributed by atoms with Crippen LogP contribution in [0.2, 0.25) is 0 Å². The molecule has 1 aromatic carbocycles. The lowest BCUT2D eigenvalue weighted by atomic mass is 10.1. The highest BCUT2D eigenvalue weighted by Gasteiger charge is 2.22. The Hall–Kier alpha value is -2.37. The average molecular weight is 261 g/mol. The molecule has 0 spiro atoms. The lowest BCUT2D eigenvalue weighted by Gasteiger charge is -2.11. The van der Waals surface area contributed by atoms with Crippen molar-refractivity contribution in [2.75, 3.05) is 7.11 Å². The fraction of sp³-hybridized carbons (Fsp3) is 0.308. The zero-order chi connectivity index (χ0) is 14.0. The van der Waals surface area contributed by atoms with E-state index >= 15 is 0 Å². The molecule has 19 heavy (non-hydrogen) atoms. The van der Waals surface area contributed by atoms with Gasteiger partial charge in [-0.3, -0.25) is 10.1 Å². The van der Waals surface area contributed by atoms with E-state index in [1.807, 2.05) is 24.5 Å². The number of benzene rings is 1. The minimum Gasteiger partial charge on any atom is -0.490 e. The highest BCUT2D eigenvalue weighted by Crippen LogP contribution is 2.38. The Bertz CT molecular complexity index is 620. The van der Waals surface area contributed by atoms with Crippen LogP contribution in [0.3, 0.4) is 0 Å². The topological polar surface area (TPSA) is 70.2 Å². The molecule has 0 aliphatic heterocycles. The molecule has 0 N–H and O–H groups in total. The molecule has 0 aliphatic carbocycles. The van der Waals surface area contributed by atoms with Gasteiger partial charge < -0.3 is 9.30 Å². The van der Waals surface area contributed by atoms with E-state index in [9.17, 15) is 10.1 Å². The highest BCUT2D eigenvalue weighted by molar-refractivity contribution is 5.74. The number of aryl methyl sites for hydroxylation is 2. The van der Waals surface area contributed by atoms with Crippen LogP contribution in [-0.4, -0.2) is 21.6 Å². The monoisotopic (exact) mass is 261 g/mol. The molecule has 1 aromatic heterocycles. The van der Waals surface area contributed by atoms with Crippen LogP contribution in [0.25, 0.3) is 11.3 Å². The molecule has 0 aliphatic rings. The molecule has 0 saturated carbocycles. The number of hydrogen-bond acceptors (Lipinski definition) is 4. The van der Waals surface area contributed by atoms with Gasteiger partial charge in [0.1, 0.15) is 0 Å². The zero-order valence-corrected chi connectivity index (χ0v) is 11.1. The van der Waals surface area contributed by atoms with Gasteiger partial charge in [0.25, 0.3) is 0 Å². The number of nitrogens with zero attached hydrogens (tertiary/aromatic N) is 3. The Morgan fingerprint density at radius 2 is 2.21 bits per heavy atom. The fourth-order valence-electron chi connectivity index (χ4n) is 2.14.